The number of para-hydroxylation sites is 2. The largest absolute Gasteiger partial charge is 0.491 e. The summed E-state index contributed by atoms with van der Waals surface area (Å²) in [6.45, 7) is 4.53. The molecule has 0 amide bonds. The number of benzene rings is 4. The summed E-state index contributed by atoms with van der Waals surface area (Å²) in [5.41, 5.74) is 6.98. The normalized spacial score (nSPS) is 18.2. The zero-order chi connectivity index (χ0) is 27.5. The third-order valence-electron chi connectivity index (χ3n) is 7.47. The first-order valence-corrected chi connectivity index (χ1v) is 14.0. The highest BCUT2D eigenvalue weighted by Gasteiger charge is 2.36. The number of Topliss-reactive ketones (excluding diaryl/α,β-unsaturated/α-hetero) is 1. The summed E-state index contributed by atoms with van der Waals surface area (Å²) in [7, 11) is 0. The van der Waals surface area contributed by atoms with Gasteiger partial charge in [-0.2, -0.15) is 0 Å². The Morgan fingerprint density at radius 1 is 0.775 bits per heavy atom. The van der Waals surface area contributed by atoms with Gasteiger partial charge < -0.3 is 20.1 Å². The van der Waals surface area contributed by atoms with Crippen LogP contribution in [0, 0.1) is 0 Å². The molecule has 2 aliphatic rings. The first-order valence-electron chi connectivity index (χ1n) is 14.0. The van der Waals surface area contributed by atoms with Crippen LogP contribution in [0.5, 0.6) is 11.5 Å². The molecule has 0 spiro atoms. The summed E-state index contributed by atoms with van der Waals surface area (Å²) in [5.74, 6) is 1.88. The number of nitrogens with one attached hydrogen (secondary N) is 2. The van der Waals surface area contributed by atoms with Crippen LogP contribution < -0.4 is 20.1 Å². The molecule has 0 radical (unpaired) electrons. The van der Waals surface area contributed by atoms with Crippen LogP contribution in [0.15, 0.2) is 114 Å². The van der Waals surface area contributed by atoms with Gasteiger partial charge in [-0.05, 0) is 79.3 Å². The van der Waals surface area contributed by atoms with Crippen molar-refractivity contribution in [2.24, 2.45) is 0 Å². The smallest absolute Gasteiger partial charge is 0.163 e. The van der Waals surface area contributed by atoms with Crippen molar-refractivity contribution in [3.8, 4) is 11.5 Å². The van der Waals surface area contributed by atoms with Crippen LogP contribution in [-0.4, -0.2) is 11.9 Å². The molecule has 4 aromatic carbocycles. The van der Waals surface area contributed by atoms with Crippen LogP contribution in [0.25, 0.3) is 0 Å². The van der Waals surface area contributed by atoms with E-state index >= 15 is 0 Å². The standard InChI is InChI=1S/C35H34N2O3/c1-23(2)40-28-17-15-25(16-18-28)27-20-32-34(33(38)21-27)35(37-31-14-7-6-13-30(31)36-32)26-11-8-12-29(19-26)39-22-24-9-4-3-5-10-24/h3-19,23,27,35-37H,20-22H2,1-2H3. The van der Waals surface area contributed by atoms with Gasteiger partial charge in [0.2, 0.25) is 0 Å². The van der Waals surface area contributed by atoms with E-state index in [1.54, 1.807) is 0 Å². The molecule has 0 bridgehead atoms. The number of fused-ring (bicyclic) bond motifs is 1. The van der Waals surface area contributed by atoms with Gasteiger partial charge in [0, 0.05) is 17.7 Å². The van der Waals surface area contributed by atoms with Gasteiger partial charge >= 0.3 is 0 Å². The fourth-order valence-corrected chi connectivity index (χ4v) is 5.59. The van der Waals surface area contributed by atoms with Gasteiger partial charge in [0.15, 0.2) is 5.78 Å². The van der Waals surface area contributed by atoms with Crippen LogP contribution in [0.3, 0.4) is 0 Å². The number of anilines is 2. The molecule has 202 valence electrons. The second-order valence-corrected chi connectivity index (χ2v) is 10.8. The Balaban J connectivity index is 1.32. The van der Waals surface area contributed by atoms with Crippen LogP contribution in [-0.2, 0) is 11.4 Å². The van der Waals surface area contributed by atoms with Crippen molar-refractivity contribution in [2.45, 2.75) is 51.4 Å². The molecule has 1 heterocycles. The van der Waals surface area contributed by atoms with E-state index in [0.717, 1.165) is 57.3 Å². The summed E-state index contributed by atoms with van der Waals surface area (Å²) in [6, 6.07) is 34.3. The van der Waals surface area contributed by atoms with Gasteiger partial charge in [0.25, 0.3) is 0 Å². The van der Waals surface area contributed by atoms with Crippen molar-refractivity contribution in [3.63, 3.8) is 0 Å². The zero-order valence-electron chi connectivity index (χ0n) is 22.9. The lowest BCUT2D eigenvalue weighted by molar-refractivity contribution is -0.116. The number of carbonyl (C=O) groups excluding carboxylic acids is 1. The van der Waals surface area contributed by atoms with Crippen LogP contribution in [0.2, 0.25) is 0 Å². The molecule has 1 aliphatic carbocycles. The number of hydrogen-bond acceptors (Lipinski definition) is 5. The second-order valence-electron chi connectivity index (χ2n) is 10.8. The highest BCUT2D eigenvalue weighted by atomic mass is 16.5. The molecule has 5 heteroatoms. The minimum absolute atomic E-state index is 0.0957. The average Bonchev–Trinajstić information content (AvgIpc) is 3.14. The Morgan fingerprint density at radius 3 is 2.30 bits per heavy atom. The molecule has 40 heavy (non-hydrogen) atoms. The maximum absolute atomic E-state index is 13.9. The van der Waals surface area contributed by atoms with E-state index in [1.165, 1.54) is 0 Å². The minimum atomic E-state index is -0.290. The van der Waals surface area contributed by atoms with E-state index < -0.39 is 0 Å². The highest BCUT2D eigenvalue weighted by molar-refractivity contribution is 6.01. The van der Waals surface area contributed by atoms with Gasteiger partial charge in [-0.25, -0.2) is 0 Å². The molecule has 4 aromatic rings. The molecule has 2 unspecified atom stereocenters. The second kappa shape index (κ2) is 11.3. The van der Waals surface area contributed by atoms with Gasteiger partial charge in [-0.3, -0.25) is 4.79 Å². The lowest BCUT2D eigenvalue weighted by Crippen LogP contribution is -2.26. The number of rotatable bonds is 7. The van der Waals surface area contributed by atoms with Gasteiger partial charge in [-0.15, -0.1) is 0 Å². The molecule has 0 aromatic heterocycles. The molecule has 0 fully saturated rings. The zero-order valence-corrected chi connectivity index (χ0v) is 22.9. The summed E-state index contributed by atoms with van der Waals surface area (Å²) in [4.78, 5) is 13.9. The maximum atomic E-state index is 13.9. The van der Waals surface area contributed by atoms with Gasteiger partial charge in [0.1, 0.15) is 18.1 Å². The van der Waals surface area contributed by atoms with Gasteiger partial charge in [0.05, 0.1) is 23.5 Å². The van der Waals surface area contributed by atoms with Crippen molar-refractivity contribution in [1.82, 2.24) is 0 Å². The Labute approximate surface area is 235 Å². The number of allylic oxidation sites excluding steroid dienone is 1. The molecule has 2 N–H and O–H groups in total. The first-order chi connectivity index (χ1) is 19.5. The lowest BCUT2D eigenvalue weighted by atomic mass is 9.78. The maximum Gasteiger partial charge on any atom is 0.163 e. The minimum Gasteiger partial charge on any atom is -0.491 e. The first kappa shape index (κ1) is 25.8. The third kappa shape index (κ3) is 5.59. The molecule has 0 saturated heterocycles. The average molecular weight is 531 g/mol. The Bertz CT molecular complexity index is 1530. The molecule has 5 nitrogen and oxygen atoms in total. The van der Waals surface area contributed by atoms with E-state index in [2.05, 4.69) is 53.1 Å². The number of carbonyl (C=O) groups is 1. The summed E-state index contributed by atoms with van der Waals surface area (Å²) >= 11 is 0. The summed E-state index contributed by atoms with van der Waals surface area (Å²) in [6.07, 6.45) is 1.34. The SMILES string of the molecule is CC(C)Oc1ccc(C2CC(=O)C3=C(C2)Nc2ccccc2NC3c2cccc(OCc3ccccc3)c2)cc1. The Hall–Kier alpha value is -4.51. The number of ketones is 1. The molecular weight excluding hydrogens is 496 g/mol. The van der Waals surface area contributed by atoms with E-state index in [1.807, 2.05) is 74.5 Å². The predicted octanol–water partition coefficient (Wildman–Crippen LogP) is 8.03. The predicted molar refractivity (Wildman–Crippen MR) is 160 cm³/mol. The van der Waals surface area contributed by atoms with Crippen LogP contribution >= 0.6 is 0 Å². The molecule has 0 saturated carbocycles. The summed E-state index contributed by atoms with van der Waals surface area (Å²) < 4.78 is 12.0. The van der Waals surface area contributed by atoms with Crippen molar-refractivity contribution in [1.29, 1.82) is 0 Å². The van der Waals surface area contributed by atoms with Crippen LogP contribution in [0.4, 0.5) is 11.4 Å². The van der Waals surface area contributed by atoms with E-state index in [4.69, 9.17) is 9.47 Å². The Morgan fingerprint density at radius 2 is 1.52 bits per heavy atom. The monoisotopic (exact) mass is 530 g/mol. The highest BCUT2D eigenvalue weighted by Crippen LogP contribution is 2.44. The lowest BCUT2D eigenvalue weighted by Gasteiger charge is -2.30. The number of hydrogen-bond donors (Lipinski definition) is 2. The van der Waals surface area contributed by atoms with Crippen molar-refractivity contribution in [3.05, 3.63) is 131 Å². The fraction of sp³-hybridized carbons (Fsp3) is 0.229. The molecule has 6 rings (SSSR count). The molecule has 2 atom stereocenters. The Kier molecular flexibility index (Phi) is 7.28. The quantitative estimate of drug-likeness (QED) is 0.253. The molecule has 1 aliphatic heterocycles. The van der Waals surface area contributed by atoms with Gasteiger partial charge in [-0.1, -0.05) is 66.7 Å². The van der Waals surface area contributed by atoms with Crippen molar-refractivity contribution < 1.29 is 14.3 Å². The van der Waals surface area contributed by atoms with E-state index in [9.17, 15) is 4.79 Å². The fourth-order valence-electron chi connectivity index (χ4n) is 5.59. The molecular formula is C35H34N2O3. The summed E-state index contributed by atoms with van der Waals surface area (Å²) in [5, 5.41) is 7.30. The van der Waals surface area contributed by atoms with Crippen molar-refractivity contribution in [2.75, 3.05) is 10.6 Å². The van der Waals surface area contributed by atoms with E-state index in [0.29, 0.717) is 13.0 Å². The third-order valence-corrected chi connectivity index (χ3v) is 7.47. The van der Waals surface area contributed by atoms with Crippen LogP contribution in [0.1, 0.15) is 55.3 Å². The van der Waals surface area contributed by atoms with Crippen molar-refractivity contribution >= 4 is 17.2 Å². The number of ether oxygens (including phenoxy) is 2. The topological polar surface area (TPSA) is 59.6 Å². The van der Waals surface area contributed by atoms with E-state index in [-0.39, 0.29) is 23.8 Å².